The van der Waals surface area contributed by atoms with Crippen molar-refractivity contribution in [3.05, 3.63) is 53.3 Å². The number of carbonyl (C=O) groups is 2. The van der Waals surface area contributed by atoms with Gasteiger partial charge in [-0.05, 0) is 57.1 Å². The molecule has 0 fully saturated rings. The summed E-state index contributed by atoms with van der Waals surface area (Å²) in [6.45, 7) is 5.12. The van der Waals surface area contributed by atoms with Crippen LogP contribution in [0.4, 0.5) is 10.5 Å². The smallest absolute Gasteiger partial charge is 0.411 e. The van der Waals surface area contributed by atoms with Crippen LogP contribution in [0.3, 0.4) is 0 Å². The third-order valence-corrected chi connectivity index (χ3v) is 4.61. The maximum absolute atomic E-state index is 12.9. The van der Waals surface area contributed by atoms with E-state index >= 15 is 0 Å². The molecule has 0 atom stereocenters. The molecule has 30 heavy (non-hydrogen) atoms. The molecule has 162 valence electrons. The third-order valence-electron chi connectivity index (χ3n) is 4.39. The van der Waals surface area contributed by atoms with Crippen LogP contribution in [0.25, 0.3) is 0 Å². The van der Waals surface area contributed by atoms with Crippen molar-refractivity contribution in [2.24, 2.45) is 5.73 Å². The predicted octanol–water partition coefficient (Wildman–Crippen LogP) is 3.50. The number of aromatic nitrogens is 1. The van der Waals surface area contributed by atoms with E-state index in [1.54, 1.807) is 35.2 Å². The zero-order chi connectivity index (χ0) is 22.1. The molecule has 9 heteroatoms. The number of hydrogen-bond donors (Lipinski definition) is 2. The van der Waals surface area contributed by atoms with Crippen molar-refractivity contribution in [2.75, 3.05) is 31.1 Å². The van der Waals surface area contributed by atoms with Crippen LogP contribution in [0.15, 0.2) is 42.7 Å². The summed E-state index contributed by atoms with van der Waals surface area (Å²) in [4.78, 5) is 31.2. The average Bonchev–Trinajstić information content (AvgIpc) is 2.71. The van der Waals surface area contributed by atoms with Gasteiger partial charge in [0.1, 0.15) is 12.4 Å². The number of pyridine rings is 1. The van der Waals surface area contributed by atoms with Crippen molar-refractivity contribution in [3.63, 3.8) is 0 Å². The minimum Gasteiger partial charge on any atom is -0.492 e. The van der Waals surface area contributed by atoms with Crippen LogP contribution in [0.2, 0.25) is 5.02 Å². The lowest BCUT2D eigenvalue weighted by Crippen LogP contribution is -2.38. The van der Waals surface area contributed by atoms with Crippen molar-refractivity contribution in [1.29, 1.82) is 0 Å². The molecule has 1 aromatic heterocycles. The molecule has 2 amide bonds. The maximum atomic E-state index is 12.9. The second-order valence-corrected chi connectivity index (χ2v) is 7.33. The van der Waals surface area contributed by atoms with Gasteiger partial charge >= 0.3 is 6.09 Å². The summed E-state index contributed by atoms with van der Waals surface area (Å²) in [5.74, 6) is 0.239. The van der Waals surface area contributed by atoms with Crippen molar-refractivity contribution in [2.45, 2.75) is 26.3 Å². The van der Waals surface area contributed by atoms with E-state index < -0.39 is 6.09 Å². The van der Waals surface area contributed by atoms with E-state index in [4.69, 9.17) is 22.1 Å². The number of nitrogens with two attached hydrogens (primary N) is 1. The summed E-state index contributed by atoms with van der Waals surface area (Å²) >= 11 is 6.19. The highest BCUT2D eigenvalue weighted by molar-refractivity contribution is 6.31. The first-order valence-electron chi connectivity index (χ1n) is 9.68. The lowest BCUT2D eigenvalue weighted by atomic mass is 10.1. The Labute approximate surface area is 181 Å². The lowest BCUT2D eigenvalue weighted by Gasteiger charge is -2.27. The van der Waals surface area contributed by atoms with E-state index in [0.717, 1.165) is 4.90 Å². The molecule has 0 saturated heterocycles. The number of anilines is 1. The van der Waals surface area contributed by atoms with Gasteiger partial charge in [0.25, 0.3) is 5.91 Å². The van der Waals surface area contributed by atoms with E-state index in [-0.39, 0.29) is 25.1 Å². The molecule has 2 aromatic rings. The van der Waals surface area contributed by atoms with Crippen LogP contribution < -0.4 is 15.4 Å². The van der Waals surface area contributed by atoms with Crippen LogP contribution >= 0.6 is 11.6 Å². The maximum Gasteiger partial charge on any atom is 0.411 e. The number of carbonyl (C=O) groups excluding carboxylic acids is 1. The fourth-order valence-corrected chi connectivity index (χ4v) is 3.13. The van der Waals surface area contributed by atoms with Gasteiger partial charge in [-0.15, -0.1) is 0 Å². The predicted molar refractivity (Wildman–Crippen MR) is 116 cm³/mol. The summed E-state index contributed by atoms with van der Waals surface area (Å²) in [7, 11) is 0. The molecule has 0 aliphatic heterocycles. The van der Waals surface area contributed by atoms with Crippen LogP contribution in [0, 0.1) is 0 Å². The normalized spacial score (nSPS) is 10.7. The summed E-state index contributed by atoms with van der Waals surface area (Å²) in [6, 6.07) is 8.02. The first kappa shape index (κ1) is 23.4. The molecular formula is C21H27ClN4O4. The van der Waals surface area contributed by atoms with Crippen LogP contribution in [0.1, 0.15) is 30.6 Å². The molecule has 2 rings (SSSR count). The van der Waals surface area contributed by atoms with E-state index in [1.807, 2.05) is 13.8 Å². The monoisotopic (exact) mass is 434 g/mol. The first-order chi connectivity index (χ1) is 14.3. The number of halogens is 1. The summed E-state index contributed by atoms with van der Waals surface area (Å²) in [5, 5.41) is 9.80. The van der Waals surface area contributed by atoms with Gasteiger partial charge in [0.2, 0.25) is 0 Å². The second kappa shape index (κ2) is 11.4. The zero-order valence-electron chi connectivity index (χ0n) is 17.1. The molecule has 0 radical (unpaired) electrons. The second-order valence-electron chi connectivity index (χ2n) is 6.90. The minimum absolute atomic E-state index is 0.0110. The quantitative estimate of drug-likeness (QED) is 0.592. The summed E-state index contributed by atoms with van der Waals surface area (Å²) in [5.41, 5.74) is 6.48. The Morgan fingerprint density at radius 1 is 1.20 bits per heavy atom. The Bertz CT molecular complexity index is 848. The Kier molecular flexibility index (Phi) is 8.89. The number of amides is 2. The van der Waals surface area contributed by atoms with E-state index in [1.165, 1.54) is 12.4 Å². The van der Waals surface area contributed by atoms with E-state index in [9.17, 15) is 14.7 Å². The Hall–Kier alpha value is -2.84. The van der Waals surface area contributed by atoms with Gasteiger partial charge < -0.3 is 20.5 Å². The number of carboxylic acid groups (broad SMARTS) is 1. The Morgan fingerprint density at radius 2 is 1.90 bits per heavy atom. The molecule has 0 bridgehead atoms. The van der Waals surface area contributed by atoms with Gasteiger partial charge in [0, 0.05) is 35.6 Å². The molecule has 0 unspecified atom stereocenters. The highest BCUT2D eigenvalue weighted by Crippen LogP contribution is 2.23. The molecule has 0 spiro atoms. The molecule has 1 heterocycles. The van der Waals surface area contributed by atoms with Gasteiger partial charge in [0.15, 0.2) is 0 Å². The van der Waals surface area contributed by atoms with Gasteiger partial charge in [0.05, 0.1) is 12.2 Å². The standard InChI is InChI=1S/C21H27ClN4O4/c1-15(2)25(9-3-6-23)20(27)16-12-17(22)14-19(13-16)30-11-10-26(21(28)29)18-4-7-24-8-5-18/h4-5,7-8,12-15H,3,6,9-11,23H2,1-2H3,(H,28,29). The number of ether oxygens (including phenoxy) is 1. The highest BCUT2D eigenvalue weighted by atomic mass is 35.5. The van der Waals surface area contributed by atoms with Gasteiger partial charge in [-0.2, -0.15) is 0 Å². The number of benzene rings is 1. The Balaban J connectivity index is 2.09. The molecule has 0 saturated carbocycles. The van der Waals surface area contributed by atoms with Gasteiger partial charge in [-0.25, -0.2) is 4.79 Å². The number of hydrogen-bond acceptors (Lipinski definition) is 5. The lowest BCUT2D eigenvalue weighted by molar-refractivity contribution is 0.0704. The first-order valence-corrected chi connectivity index (χ1v) is 10.1. The van der Waals surface area contributed by atoms with Crippen molar-refractivity contribution >= 4 is 29.3 Å². The van der Waals surface area contributed by atoms with Crippen LogP contribution in [0.5, 0.6) is 5.75 Å². The van der Waals surface area contributed by atoms with Crippen molar-refractivity contribution < 1.29 is 19.4 Å². The molecule has 8 nitrogen and oxygen atoms in total. The fraction of sp³-hybridized carbons (Fsp3) is 0.381. The molecular weight excluding hydrogens is 408 g/mol. The summed E-state index contributed by atoms with van der Waals surface area (Å²) in [6.07, 6.45) is 2.64. The van der Waals surface area contributed by atoms with Gasteiger partial charge in [-0.1, -0.05) is 11.6 Å². The van der Waals surface area contributed by atoms with E-state index in [2.05, 4.69) is 4.98 Å². The average molecular weight is 435 g/mol. The van der Waals surface area contributed by atoms with Crippen LogP contribution in [-0.2, 0) is 0 Å². The molecule has 1 aromatic carbocycles. The van der Waals surface area contributed by atoms with Crippen LogP contribution in [-0.4, -0.2) is 59.3 Å². The topological polar surface area (TPSA) is 109 Å². The minimum atomic E-state index is -1.10. The fourth-order valence-electron chi connectivity index (χ4n) is 2.91. The zero-order valence-corrected chi connectivity index (χ0v) is 17.9. The molecule has 0 aliphatic rings. The molecule has 0 aliphatic carbocycles. The van der Waals surface area contributed by atoms with Crippen molar-refractivity contribution in [3.8, 4) is 5.75 Å². The third kappa shape index (κ3) is 6.60. The van der Waals surface area contributed by atoms with Crippen molar-refractivity contribution in [1.82, 2.24) is 9.88 Å². The number of rotatable bonds is 10. The summed E-state index contributed by atoms with van der Waals surface area (Å²) < 4.78 is 5.71. The molecule has 3 N–H and O–H groups in total. The number of nitrogens with zero attached hydrogens (tertiary/aromatic N) is 3. The van der Waals surface area contributed by atoms with Gasteiger partial charge in [-0.3, -0.25) is 14.7 Å². The largest absolute Gasteiger partial charge is 0.492 e. The SMILES string of the molecule is CC(C)N(CCCN)C(=O)c1cc(Cl)cc(OCCN(C(=O)O)c2ccncc2)c1. The Morgan fingerprint density at radius 3 is 2.50 bits per heavy atom. The van der Waals surface area contributed by atoms with E-state index in [0.29, 0.717) is 41.5 Å². The highest BCUT2D eigenvalue weighted by Gasteiger charge is 2.20.